The number of nitrogens with one attached hydrogen (secondary N) is 1. The summed E-state index contributed by atoms with van der Waals surface area (Å²) < 4.78 is 0. The van der Waals surface area contributed by atoms with E-state index in [1.165, 1.54) is 12.8 Å². The van der Waals surface area contributed by atoms with Crippen LogP contribution in [0.5, 0.6) is 0 Å². The van der Waals surface area contributed by atoms with E-state index in [1.807, 2.05) is 0 Å². The molecule has 2 heterocycles. The van der Waals surface area contributed by atoms with Gasteiger partial charge in [0.25, 0.3) is 0 Å². The monoisotopic (exact) mass is 177 g/mol. The van der Waals surface area contributed by atoms with Gasteiger partial charge in [0.1, 0.15) is 5.78 Å². The summed E-state index contributed by atoms with van der Waals surface area (Å²) in [5.74, 6) is 3.17. The summed E-state index contributed by atoms with van der Waals surface area (Å²) in [4.78, 5) is 11.7. The second kappa shape index (κ2) is 3.51. The van der Waals surface area contributed by atoms with Gasteiger partial charge >= 0.3 is 0 Å². The number of hydrogen-bond donors (Lipinski definition) is 1. The molecule has 2 aliphatic rings. The third-order valence-electron chi connectivity index (χ3n) is 3.23. The molecule has 0 radical (unpaired) electrons. The van der Waals surface area contributed by atoms with Gasteiger partial charge in [0.2, 0.25) is 0 Å². The number of carbonyl (C=O) groups excluding carboxylic acids is 1. The van der Waals surface area contributed by atoms with Crippen molar-refractivity contribution in [1.29, 1.82) is 0 Å². The number of hydrogen-bond acceptors (Lipinski definition) is 2. The van der Waals surface area contributed by atoms with Gasteiger partial charge in [-0.3, -0.25) is 4.79 Å². The summed E-state index contributed by atoms with van der Waals surface area (Å²) in [6.07, 6.45) is 9.79. The molecule has 0 aromatic rings. The molecule has 2 rings (SSSR count). The lowest BCUT2D eigenvalue weighted by Crippen LogP contribution is -2.28. The fourth-order valence-corrected chi connectivity index (χ4v) is 2.56. The number of Topliss-reactive ketones (excluding diaryl/α,β-unsaturated/α-hetero) is 1. The summed E-state index contributed by atoms with van der Waals surface area (Å²) in [7, 11) is 0. The lowest BCUT2D eigenvalue weighted by Gasteiger charge is -2.17. The minimum Gasteiger partial charge on any atom is -0.310 e. The normalized spacial score (nSPS) is 36.1. The molecule has 0 saturated carbocycles. The summed E-state index contributed by atoms with van der Waals surface area (Å²) in [6.45, 7) is 0. The van der Waals surface area contributed by atoms with Crippen LogP contribution in [0.1, 0.15) is 32.1 Å². The third kappa shape index (κ3) is 1.62. The van der Waals surface area contributed by atoms with Crippen molar-refractivity contribution in [2.75, 3.05) is 0 Å². The molecule has 0 spiro atoms. The smallest absolute Gasteiger partial charge is 0.138 e. The van der Waals surface area contributed by atoms with Crippen LogP contribution >= 0.6 is 0 Å². The van der Waals surface area contributed by atoms with E-state index >= 15 is 0 Å². The molecule has 3 unspecified atom stereocenters. The van der Waals surface area contributed by atoms with Crippen molar-refractivity contribution in [2.45, 2.75) is 44.2 Å². The molecule has 0 aliphatic carbocycles. The maximum absolute atomic E-state index is 11.7. The minimum absolute atomic E-state index is 0.270. The van der Waals surface area contributed by atoms with Gasteiger partial charge < -0.3 is 5.32 Å². The van der Waals surface area contributed by atoms with Gasteiger partial charge in [-0.05, 0) is 19.3 Å². The first-order valence-electron chi connectivity index (χ1n) is 5.03. The molecular weight excluding hydrogens is 162 g/mol. The van der Waals surface area contributed by atoms with Gasteiger partial charge in [0.05, 0.1) is 0 Å². The van der Waals surface area contributed by atoms with Gasteiger partial charge in [-0.25, -0.2) is 0 Å². The maximum atomic E-state index is 11.7. The van der Waals surface area contributed by atoms with Crippen LogP contribution in [0.2, 0.25) is 0 Å². The first kappa shape index (κ1) is 8.77. The lowest BCUT2D eigenvalue weighted by atomic mass is 9.85. The molecule has 70 valence electrons. The second-order valence-electron chi connectivity index (χ2n) is 4.06. The lowest BCUT2D eigenvalue weighted by molar-refractivity contribution is -0.123. The maximum Gasteiger partial charge on any atom is 0.138 e. The van der Waals surface area contributed by atoms with Gasteiger partial charge in [0.15, 0.2) is 0 Å². The van der Waals surface area contributed by atoms with Gasteiger partial charge in [0, 0.05) is 30.8 Å². The molecule has 2 nitrogen and oxygen atoms in total. The fraction of sp³-hybridized carbons (Fsp3) is 0.727. The molecular formula is C11H15NO. The Morgan fingerprint density at radius 2 is 2.38 bits per heavy atom. The number of fused-ring (bicyclic) bond motifs is 2. The zero-order valence-electron chi connectivity index (χ0n) is 7.75. The Labute approximate surface area is 79.1 Å². The van der Waals surface area contributed by atoms with E-state index < -0.39 is 0 Å². The summed E-state index contributed by atoms with van der Waals surface area (Å²) >= 11 is 0. The van der Waals surface area contributed by atoms with Gasteiger partial charge in [-0.15, -0.1) is 12.3 Å². The predicted molar refractivity (Wildman–Crippen MR) is 51.1 cm³/mol. The van der Waals surface area contributed by atoms with E-state index in [4.69, 9.17) is 6.42 Å². The van der Waals surface area contributed by atoms with Crippen LogP contribution in [0.15, 0.2) is 0 Å². The van der Waals surface area contributed by atoms with Gasteiger partial charge in [-0.2, -0.15) is 0 Å². The van der Waals surface area contributed by atoms with Crippen LogP contribution in [0.4, 0.5) is 0 Å². The zero-order chi connectivity index (χ0) is 9.26. The number of carbonyl (C=O) groups is 1. The van der Waals surface area contributed by atoms with Crippen LogP contribution in [-0.2, 0) is 4.79 Å². The second-order valence-corrected chi connectivity index (χ2v) is 4.06. The Balaban J connectivity index is 1.88. The average molecular weight is 177 g/mol. The van der Waals surface area contributed by atoms with Crippen molar-refractivity contribution in [3.05, 3.63) is 0 Å². The first-order valence-corrected chi connectivity index (χ1v) is 5.03. The Hall–Kier alpha value is -0.810. The largest absolute Gasteiger partial charge is 0.310 e. The molecule has 2 saturated heterocycles. The molecule has 2 bridgehead atoms. The summed E-state index contributed by atoms with van der Waals surface area (Å²) in [6, 6.07) is 1.08. The first-order chi connectivity index (χ1) is 6.31. The molecule has 13 heavy (non-hydrogen) atoms. The van der Waals surface area contributed by atoms with Crippen molar-refractivity contribution in [3.63, 3.8) is 0 Å². The number of rotatable bonds is 3. The molecule has 2 fully saturated rings. The predicted octanol–water partition coefficient (Wildman–Crippen LogP) is 1.11. The highest BCUT2D eigenvalue weighted by Crippen LogP contribution is 2.34. The van der Waals surface area contributed by atoms with Crippen molar-refractivity contribution in [2.24, 2.45) is 5.92 Å². The van der Waals surface area contributed by atoms with Crippen LogP contribution < -0.4 is 5.32 Å². The molecule has 3 atom stereocenters. The van der Waals surface area contributed by atoms with Crippen LogP contribution in [0.25, 0.3) is 0 Å². The van der Waals surface area contributed by atoms with Crippen LogP contribution in [0.3, 0.4) is 0 Å². The van der Waals surface area contributed by atoms with E-state index in [0.717, 1.165) is 6.42 Å². The van der Waals surface area contributed by atoms with Crippen molar-refractivity contribution in [1.82, 2.24) is 5.32 Å². The Morgan fingerprint density at radius 3 is 2.92 bits per heavy atom. The van der Waals surface area contributed by atoms with Crippen LogP contribution in [0, 0.1) is 18.3 Å². The highest BCUT2D eigenvalue weighted by atomic mass is 16.1. The van der Waals surface area contributed by atoms with Crippen molar-refractivity contribution >= 4 is 5.78 Å². The Kier molecular flexibility index (Phi) is 2.37. The highest BCUT2D eigenvalue weighted by Gasteiger charge is 2.41. The van der Waals surface area contributed by atoms with Gasteiger partial charge in [-0.1, -0.05) is 0 Å². The number of ketones is 1. The molecule has 0 amide bonds. The quantitative estimate of drug-likeness (QED) is 0.654. The standard InChI is InChI=1S/C11H15NO/c1-2-3-4-11(13)9-7-8-5-6-10(9)12-8/h1,8-10,12H,3-7H2. The number of terminal acetylenes is 1. The van der Waals surface area contributed by atoms with E-state index in [1.54, 1.807) is 0 Å². The van der Waals surface area contributed by atoms with E-state index in [2.05, 4.69) is 11.2 Å². The summed E-state index contributed by atoms with van der Waals surface area (Å²) in [5.41, 5.74) is 0. The van der Waals surface area contributed by atoms with Crippen molar-refractivity contribution in [3.8, 4) is 12.3 Å². The van der Waals surface area contributed by atoms with E-state index in [0.29, 0.717) is 30.7 Å². The SMILES string of the molecule is C#CCCC(=O)C1CC2CCC1N2. The van der Waals surface area contributed by atoms with E-state index in [-0.39, 0.29) is 5.92 Å². The highest BCUT2D eigenvalue weighted by molar-refractivity contribution is 5.82. The Bertz CT molecular complexity index is 253. The van der Waals surface area contributed by atoms with Crippen LogP contribution in [-0.4, -0.2) is 17.9 Å². The van der Waals surface area contributed by atoms with E-state index in [9.17, 15) is 4.79 Å². The molecule has 1 N–H and O–H groups in total. The molecule has 0 aromatic carbocycles. The molecule has 0 aromatic heterocycles. The molecule has 2 heteroatoms. The zero-order valence-corrected chi connectivity index (χ0v) is 7.75. The topological polar surface area (TPSA) is 29.1 Å². The average Bonchev–Trinajstić information content (AvgIpc) is 2.74. The molecule has 2 aliphatic heterocycles. The third-order valence-corrected chi connectivity index (χ3v) is 3.23. The fourth-order valence-electron chi connectivity index (χ4n) is 2.56. The van der Waals surface area contributed by atoms with Crippen molar-refractivity contribution < 1.29 is 4.79 Å². The minimum atomic E-state index is 0.270. The summed E-state index contributed by atoms with van der Waals surface area (Å²) in [5, 5.41) is 3.46. The Morgan fingerprint density at radius 1 is 1.54 bits per heavy atom.